The molecule has 1 amide bonds. The number of carbonyl (C=O) groups is 1. The first-order chi connectivity index (χ1) is 10.3. The van der Waals surface area contributed by atoms with Crippen molar-refractivity contribution in [1.29, 1.82) is 0 Å². The molecule has 1 N–H and O–H groups in total. The second kappa shape index (κ2) is 8.90. The zero-order valence-corrected chi connectivity index (χ0v) is 13.9. The van der Waals surface area contributed by atoms with Gasteiger partial charge < -0.3 is 5.32 Å². The molecule has 21 heavy (non-hydrogen) atoms. The topological polar surface area (TPSA) is 29.1 Å². The number of benzene rings is 1. The molecule has 1 aromatic heterocycles. The van der Waals surface area contributed by atoms with Gasteiger partial charge in [0, 0.05) is 4.88 Å². The second-order valence-corrected chi connectivity index (χ2v) is 7.38. The van der Waals surface area contributed by atoms with Crippen LogP contribution in [0.5, 0.6) is 0 Å². The Labute approximate surface area is 135 Å². The third-order valence-electron chi connectivity index (χ3n) is 3.21. The van der Waals surface area contributed by atoms with Gasteiger partial charge in [-0.15, -0.1) is 23.1 Å². The minimum Gasteiger partial charge on any atom is -0.350 e. The number of amides is 1. The Morgan fingerprint density at radius 3 is 2.76 bits per heavy atom. The molecule has 0 aliphatic rings. The van der Waals surface area contributed by atoms with Crippen molar-refractivity contribution in [3.05, 3.63) is 58.3 Å². The largest absolute Gasteiger partial charge is 0.350 e. The van der Waals surface area contributed by atoms with Crippen molar-refractivity contribution in [3.63, 3.8) is 0 Å². The molecule has 0 radical (unpaired) electrons. The smallest absolute Gasteiger partial charge is 0.233 e. The molecule has 2 nitrogen and oxygen atoms in total. The maximum absolute atomic E-state index is 12.0. The van der Waals surface area contributed by atoms with Crippen LogP contribution in [0, 0.1) is 0 Å². The molecular weight excluding hydrogens is 298 g/mol. The van der Waals surface area contributed by atoms with E-state index in [9.17, 15) is 4.79 Å². The van der Waals surface area contributed by atoms with E-state index in [0.717, 1.165) is 18.6 Å². The second-order valence-electron chi connectivity index (χ2n) is 4.90. The minimum atomic E-state index is 0.0146. The molecule has 0 spiro atoms. The van der Waals surface area contributed by atoms with Crippen LogP contribution in [0.25, 0.3) is 0 Å². The molecule has 2 rings (SSSR count). The Balaban J connectivity index is 1.60. The summed E-state index contributed by atoms with van der Waals surface area (Å²) in [6.07, 6.45) is 2.19. The summed E-state index contributed by atoms with van der Waals surface area (Å²) in [5.41, 5.74) is 1.37. The first kappa shape index (κ1) is 16.1. The lowest BCUT2D eigenvalue weighted by Crippen LogP contribution is -2.30. The number of carbonyl (C=O) groups excluding carboxylic acids is 1. The van der Waals surface area contributed by atoms with Gasteiger partial charge in [0.1, 0.15) is 0 Å². The third-order valence-corrected chi connectivity index (χ3v) is 5.32. The maximum atomic E-state index is 12.0. The zero-order chi connectivity index (χ0) is 14.9. The van der Waals surface area contributed by atoms with E-state index in [2.05, 4.69) is 29.6 Å². The summed E-state index contributed by atoms with van der Waals surface area (Å²) in [6, 6.07) is 14.5. The van der Waals surface area contributed by atoms with Crippen molar-refractivity contribution in [2.45, 2.75) is 31.6 Å². The van der Waals surface area contributed by atoms with E-state index in [4.69, 9.17) is 0 Å². The van der Waals surface area contributed by atoms with Gasteiger partial charge in [0.25, 0.3) is 0 Å². The molecule has 0 unspecified atom stereocenters. The number of hydrogen-bond acceptors (Lipinski definition) is 3. The summed E-state index contributed by atoms with van der Waals surface area (Å²) in [6.45, 7) is 2.63. The third kappa shape index (κ3) is 5.94. The van der Waals surface area contributed by atoms with Crippen LogP contribution in [0.4, 0.5) is 0 Å². The van der Waals surface area contributed by atoms with Crippen LogP contribution < -0.4 is 5.32 Å². The molecule has 0 saturated carbocycles. The number of hydrogen-bond donors (Lipinski definition) is 1. The van der Waals surface area contributed by atoms with Crippen molar-refractivity contribution in [2.24, 2.45) is 0 Å². The standard InChI is InChI=1S/C17H21NOS2/c1-14(17(19)18-13-16-10-6-12-21-16)20-11-5-9-15-7-3-2-4-8-15/h2-4,6-8,10,12,14H,5,9,11,13H2,1H3,(H,18,19)/t14-/m1/s1. The summed E-state index contributed by atoms with van der Waals surface area (Å²) >= 11 is 3.41. The van der Waals surface area contributed by atoms with Gasteiger partial charge >= 0.3 is 0 Å². The van der Waals surface area contributed by atoms with E-state index in [0.29, 0.717) is 6.54 Å². The minimum absolute atomic E-state index is 0.0146. The first-order valence-corrected chi connectivity index (χ1v) is 9.14. The summed E-state index contributed by atoms with van der Waals surface area (Å²) in [4.78, 5) is 13.2. The van der Waals surface area contributed by atoms with Crippen molar-refractivity contribution >= 4 is 29.0 Å². The summed E-state index contributed by atoms with van der Waals surface area (Å²) < 4.78 is 0. The Morgan fingerprint density at radius 1 is 1.24 bits per heavy atom. The van der Waals surface area contributed by atoms with E-state index >= 15 is 0 Å². The zero-order valence-electron chi connectivity index (χ0n) is 12.2. The van der Waals surface area contributed by atoms with Gasteiger partial charge in [0.2, 0.25) is 5.91 Å². The lowest BCUT2D eigenvalue weighted by Gasteiger charge is -2.11. The summed E-state index contributed by atoms with van der Waals surface area (Å²) in [7, 11) is 0. The van der Waals surface area contributed by atoms with Crippen LogP contribution in [-0.2, 0) is 17.8 Å². The molecule has 2 aromatic rings. The van der Waals surface area contributed by atoms with Crippen LogP contribution in [0.15, 0.2) is 47.8 Å². The van der Waals surface area contributed by atoms with Crippen LogP contribution in [0.1, 0.15) is 23.8 Å². The molecule has 1 atom stereocenters. The monoisotopic (exact) mass is 319 g/mol. The number of aryl methyl sites for hydroxylation is 1. The highest BCUT2D eigenvalue weighted by Crippen LogP contribution is 2.14. The molecule has 0 aliphatic carbocycles. The highest BCUT2D eigenvalue weighted by Gasteiger charge is 2.12. The fraction of sp³-hybridized carbons (Fsp3) is 0.353. The van der Waals surface area contributed by atoms with Gasteiger partial charge in [0.05, 0.1) is 11.8 Å². The lowest BCUT2D eigenvalue weighted by molar-refractivity contribution is -0.120. The van der Waals surface area contributed by atoms with Gasteiger partial charge in [-0.1, -0.05) is 36.4 Å². The Hall–Kier alpha value is -1.26. The molecular formula is C17H21NOS2. The van der Waals surface area contributed by atoms with Crippen LogP contribution in [0.3, 0.4) is 0 Å². The number of nitrogens with one attached hydrogen (secondary N) is 1. The van der Waals surface area contributed by atoms with Crippen LogP contribution >= 0.6 is 23.1 Å². The highest BCUT2D eigenvalue weighted by molar-refractivity contribution is 8.00. The SMILES string of the molecule is C[C@@H](SCCCc1ccccc1)C(=O)NCc1cccs1. The van der Waals surface area contributed by atoms with E-state index in [1.54, 1.807) is 23.1 Å². The lowest BCUT2D eigenvalue weighted by atomic mass is 10.1. The molecule has 0 aliphatic heterocycles. The molecule has 112 valence electrons. The quantitative estimate of drug-likeness (QED) is 0.742. The summed E-state index contributed by atoms with van der Waals surface area (Å²) in [5.74, 6) is 1.15. The fourth-order valence-electron chi connectivity index (χ4n) is 1.99. The average molecular weight is 319 g/mol. The van der Waals surface area contributed by atoms with Gasteiger partial charge in [-0.05, 0) is 42.5 Å². The summed E-state index contributed by atoms with van der Waals surface area (Å²) in [5, 5.41) is 5.04. The van der Waals surface area contributed by atoms with E-state index in [-0.39, 0.29) is 11.2 Å². The Morgan fingerprint density at radius 2 is 2.05 bits per heavy atom. The molecule has 1 aromatic carbocycles. The molecule has 0 bridgehead atoms. The van der Waals surface area contributed by atoms with Gasteiger partial charge in [0.15, 0.2) is 0 Å². The normalized spacial score (nSPS) is 12.0. The fourth-order valence-corrected chi connectivity index (χ4v) is 3.53. The molecule has 0 fully saturated rings. The molecule has 4 heteroatoms. The van der Waals surface area contributed by atoms with E-state index in [1.807, 2.05) is 30.5 Å². The predicted octanol–water partition coefficient (Wildman–Crippen LogP) is 4.12. The van der Waals surface area contributed by atoms with Crippen molar-refractivity contribution < 1.29 is 4.79 Å². The van der Waals surface area contributed by atoms with Gasteiger partial charge in [-0.2, -0.15) is 0 Å². The van der Waals surface area contributed by atoms with Gasteiger partial charge in [-0.25, -0.2) is 0 Å². The Bertz CT molecular complexity index is 525. The van der Waals surface area contributed by atoms with Crippen molar-refractivity contribution in [2.75, 3.05) is 5.75 Å². The first-order valence-electron chi connectivity index (χ1n) is 7.21. The van der Waals surface area contributed by atoms with Crippen LogP contribution in [0.2, 0.25) is 0 Å². The number of thioether (sulfide) groups is 1. The molecule has 0 saturated heterocycles. The Kier molecular flexibility index (Phi) is 6.83. The van der Waals surface area contributed by atoms with E-state index in [1.165, 1.54) is 10.4 Å². The van der Waals surface area contributed by atoms with E-state index < -0.39 is 0 Å². The predicted molar refractivity (Wildman–Crippen MR) is 92.8 cm³/mol. The number of thiophene rings is 1. The van der Waals surface area contributed by atoms with Gasteiger partial charge in [-0.3, -0.25) is 4.79 Å². The molecule has 1 heterocycles. The maximum Gasteiger partial charge on any atom is 0.233 e. The van der Waals surface area contributed by atoms with Crippen molar-refractivity contribution in [1.82, 2.24) is 5.32 Å². The number of rotatable bonds is 8. The highest BCUT2D eigenvalue weighted by atomic mass is 32.2. The average Bonchev–Trinajstić information content (AvgIpc) is 3.03. The van der Waals surface area contributed by atoms with Crippen LogP contribution in [-0.4, -0.2) is 16.9 Å². The van der Waals surface area contributed by atoms with Crippen molar-refractivity contribution in [3.8, 4) is 0 Å².